The van der Waals surface area contributed by atoms with Crippen LogP contribution in [-0.4, -0.2) is 60.5 Å². The lowest BCUT2D eigenvalue weighted by molar-refractivity contribution is -0.143. The Bertz CT molecular complexity index is 689. The molecule has 0 spiro atoms. The summed E-state index contributed by atoms with van der Waals surface area (Å²) in [5.74, 6) is -0.371. The van der Waals surface area contributed by atoms with E-state index < -0.39 is 5.41 Å². The zero-order valence-corrected chi connectivity index (χ0v) is 15.3. The quantitative estimate of drug-likeness (QED) is 0.834. The number of carbonyl (C=O) groups is 3. The van der Waals surface area contributed by atoms with Crippen LogP contribution in [-0.2, 0) is 14.3 Å². The number of benzene rings is 1. The molecule has 0 aromatic heterocycles. The van der Waals surface area contributed by atoms with Gasteiger partial charge < -0.3 is 19.9 Å². The maximum atomic E-state index is 12.9. The topological polar surface area (TPSA) is 79.0 Å². The molecule has 0 radical (unpaired) electrons. The summed E-state index contributed by atoms with van der Waals surface area (Å²) in [5, 5.41) is 2.86. The van der Waals surface area contributed by atoms with E-state index in [2.05, 4.69) is 5.32 Å². The van der Waals surface area contributed by atoms with Gasteiger partial charge in [0.15, 0.2) is 0 Å². The molecule has 3 rings (SSSR count). The number of hydrogen-bond acceptors (Lipinski definition) is 4. The van der Waals surface area contributed by atoms with Gasteiger partial charge in [-0.3, -0.25) is 9.59 Å². The predicted molar refractivity (Wildman–Crippen MR) is 96.7 cm³/mol. The van der Waals surface area contributed by atoms with Gasteiger partial charge in [0.05, 0.1) is 6.61 Å². The second-order valence-electron chi connectivity index (χ2n) is 6.88. The van der Waals surface area contributed by atoms with Gasteiger partial charge in [-0.25, -0.2) is 4.79 Å². The highest BCUT2D eigenvalue weighted by molar-refractivity contribution is 6.13. The van der Waals surface area contributed by atoms with Crippen LogP contribution in [0.4, 0.5) is 10.5 Å². The molecule has 0 bridgehead atoms. The smallest absolute Gasteiger partial charge is 0.409 e. The minimum Gasteiger partial charge on any atom is -0.450 e. The zero-order valence-electron chi connectivity index (χ0n) is 15.3. The van der Waals surface area contributed by atoms with Crippen LogP contribution < -0.4 is 5.32 Å². The molecule has 140 valence electrons. The van der Waals surface area contributed by atoms with Gasteiger partial charge in [0.25, 0.3) is 0 Å². The molecule has 1 aliphatic carbocycles. The van der Waals surface area contributed by atoms with Crippen molar-refractivity contribution in [2.45, 2.75) is 26.7 Å². The summed E-state index contributed by atoms with van der Waals surface area (Å²) in [6, 6.07) is 7.52. The Morgan fingerprint density at radius 3 is 2.15 bits per heavy atom. The average molecular weight is 359 g/mol. The third kappa shape index (κ3) is 3.66. The summed E-state index contributed by atoms with van der Waals surface area (Å²) < 4.78 is 4.99. The fourth-order valence-electron chi connectivity index (χ4n) is 3.16. The van der Waals surface area contributed by atoms with Crippen molar-refractivity contribution < 1.29 is 19.1 Å². The lowest BCUT2D eigenvalue weighted by Gasteiger charge is -2.35. The number of amides is 3. The van der Waals surface area contributed by atoms with E-state index in [1.54, 1.807) is 16.7 Å². The Kier molecular flexibility index (Phi) is 5.15. The molecule has 1 aliphatic heterocycles. The van der Waals surface area contributed by atoms with Crippen LogP contribution in [0, 0.1) is 12.3 Å². The van der Waals surface area contributed by atoms with Gasteiger partial charge in [-0.05, 0) is 38.8 Å². The maximum Gasteiger partial charge on any atom is 0.409 e. The SMILES string of the molecule is CCOC(=O)N1CCN(C(=O)C2(C(=O)Nc3ccc(C)cc3)CC2)CC1. The van der Waals surface area contributed by atoms with Crippen molar-refractivity contribution in [3.63, 3.8) is 0 Å². The van der Waals surface area contributed by atoms with Gasteiger partial charge in [-0.2, -0.15) is 0 Å². The number of hydrogen-bond donors (Lipinski definition) is 1. The standard InChI is InChI=1S/C19H25N3O4/c1-3-26-18(25)22-12-10-21(11-13-22)17(24)19(8-9-19)16(23)20-15-6-4-14(2)5-7-15/h4-7H,3,8-13H2,1-2H3,(H,20,23). The molecule has 0 atom stereocenters. The Labute approximate surface area is 153 Å². The maximum absolute atomic E-state index is 12.9. The van der Waals surface area contributed by atoms with Crippen LogP contribution in [0.15, 0.2) is 24.3 Å². The van der Waals surface area contributed by atoms with E-state index >= 15 is 0 Å². The average Bonchev–Trinajstić information content (AvgIpc) is 3.45. The highest BCUT2D eigenvalue weighted by Gasteiger charge is 2.58. The van der Waals surface area contributed by atoms with Crippen LogP contribution in [0.25, 0.3) is 0 Å². The lowest BCUT2D eigenvalue weighted by Crippen LogP contribution is -2.53. The van der Waals surface area contributed by atoms with Crippen LogP contribution in [0.1, 0.15) is 25.3 Å². The Morgan fingerprint density at radius 2 is 1.62 bits per heavy atom. The minimum atomic E-state index is -0.947. The number of ether oxygens (including phenoxy) is 1. The molecule has 2 aliphatic rings. The summed E-state index contributed by atoms with van der Waals surface area (Å²) in [6.07, 6.45) is 0.793. The van der Waals surface area contributed by atoms with Gasteiger partial charge in [-0.15, -0.1) is 0 Å². The number of nitrogens with one attached hydrogen (secondary N) is 1. The molecule has 3 amide bonds. The zero-order chi connectivity index (χ0) is 18.7. The van der Waals surface area contributed by atoms with Crippen LogP contribution in [0.5, 0.6) is 0 Å². The largest absolute Gasteiger partial charge is 0.450 e. The van der Waals surface area contributed by atoms with E-state index in [-0.39, 0.29) is 17.9 Å². The molecular weight excluding hydrogens is 334 g/mol. The monoisotopic (exact) mass is 359 g/mol. The normalized spacial score (nSPS) is 18.2. The Hall–Kier alpha value is -2.57. The van der Waals surface area contributed by atoms with Gasteiger partial charge in [-0.1, -0.05) is 17.7 Å². The van der Waals surface area contributed by atoms with Crippen molar-refractivity contribution in [1.82, 2.24) is 9.80 Å². The highest BCUT2D eigenvalue weighted by Crippen LogP contribution is 2.48. The third-order valence-electron chi connectivity index (χ3n) is 5.00. The van der Waals surface area contributed by atoms with Crippen molar-refractivity contribution in [2.75, 3.05) is 38.1 Å². The fraction of sp³-hybridized carbons (Fsp3) is 0.526. The summed E-state index contributed by atoms with van der Waals surface area (Å²) in [7, 11) is 0. The van der Waals surface area contributed by atoms with Crippen molar-refractivity contribution in [3.05, 3.63) is 29.8 Å². The summed E-state index contributed by atoms with van der Waals surface area (Å²) in [4.78, 5) is 40.6. The molecular formula is C19H25N3O4. The van der Waals surface area contributed by atoms with E-state index in [0.717, 1.165) is 5.56 Å². The molecule has 1 aromatic rings. The van der Waals surface area contributed by atoms with Gasteiger partial charge in [0, 0.05) is 31.9 Å². The van der Waals surface area contributed by atoms with Gasteiger partial charge in [0.2, 0.25) is 11.8 Å². The summed E-state index contributed by atoms with van der Waals surface area (Å²) in [6.45, 7) is 5.80. The van der Waals surface area contributed by atoms with Crippen molar-refractivity contribution in [2.24, 2.45) is 5.41 Å². The van der Waals surface area contributed by atoms with Crippen LogP contribution in [0.3, 0.4) is 0 Å². The van der Waals surface area contributed by atoms with Crippen molar-refractivity contribution in [3.8, 4) is 0 Å². The second-order valence-corrected chi connectivity index (χ2v) is 6.88. The first-order chi connectivity index (χ1) is 12.5. The van der Waals surface area contributed by atoms with E-state index in [1.165, 1.54) is 0 Å². The number of piperazine rings is 1. The van der Waals surface area contributed by atoms with E-state index in [4.69, 9.17) is 4.74 Å². The van der Waals surface area contributed by atoms with E-state index in [0.29, 0.717) is 51.3 Å². The van der Waals surface area contributed by atoms with Crippen molar-refractivity contribution in [1.29, 1.82) is 0 Å². The number of aryl methyl sites for hydroxylation is 1. The molecule has 2 fully saturated rings. The third-order valence-corrected chi connectivity index (χ3v) is 5.00. The number of anilines is 1. The molecule has 7 nitrogen and oxygen atoms in total. The van der Waals surface area contributed by atoms with Crippen LogP contribution in [0.2, 0.25) is 0 Å². The molecule has 1 saturated carbocycles. The first kappa shape index (κ1) is 18.2. The number of carbonyl (C=O) groups excluding carboxylic acids is 3. The number of nitrogens with zero attached hydrogens (tertiary/aromatic N) is 2. The molecule has 1 heterocycles. The summed E-state index contributed by atoms with van der Waals surface area (Å²) in [5.41, 5.74) is 0.864. The lowest BCUT2D eigenvalue weighted by atomic mass is 10.0. The number of rotatable bonds is 4. The van der Waals surface area contributed by atoms with Gasteiger partial charge >= 0.3 is 6.09 Å². The minimum absolute atomic E-state index is 0.134. The fourth-order valence-corrected chi connectivity index (χ4v) is 3.16. The Balaban J connectivity index is 1.58. The molecule has 1 N–H and O–H groups in total. The van der Waals surface area contributed by atoms with Crippen LogP contribution >= 0.6 is 0 Å². The van der Waals surface area contributed by atoms with E-state index in [1.807, 2.05) is 31.2 Å². The highest BCUT2D eigenvalue weighted by atomic mass is 16.6. The molecule has 7 heteroatoms. The van der Waals surface area contributed by atoms with E-state index in [9.17, 15) is 14.4 Å². The second kappa shape index (κ2) is 7.35. The molecule has 1 saturated heterocycles. The molecule has 1 aromatic carbocycles. The summed E-state index contributed by atoms with van der Waals surface area (Å²) >= 11 is 0. The molecule has 26 heavy (non-hydrogen) atoms. The predicted octanol–water partition coefficient (Wildman–Crippen LogP) is 2.01. The first-order valence-corrected chi connectivity index (χ1v) is 9.05. The molecule has 0 unspecified atom stereocenters. The Morgan fingerprint density at radius 1 is 1.04 bits per heavy atom. The first-order valence-electron chi connectivity index (χ1n) is 9.05. The van der Waals surface area contributed by atoms with Crippen molar-refractivity contribution >= 4 is 23.6 Å². The van der Waals surface area contributed by atoms with Gasteiger partial charge in [0.1, 0.15) is 5.41 Å².